The van der Waals surface area contributed by atoms with Gasteiger partial charge in [-0.15, -0.1) is 0 Å². The fourth-order valence-corrected chi connectivity index (χ4v) is 0.868. The molecular formula is C14H34N2. The zero-order valence-electron chi connectivity index (χ0n) is 11.6. The number of amidine groups is 1. The molecule has 2 nitrogen and oxygen atoms in total. The van der Waals surface area contributed by atoms with Crippen LogP contribution in [0.4, 0.5) is 0 Å². The van der Waals surface area contributed by atoms with Gasteiger partial charge >= 0.3 is 0 Å². The van der Waals surface area contributed by atoms with Gasteiger partial charge in [0.1, 0.15) is 0 Å². The summed E-state index contributed by atoms with van der Waals surface area (Å²) in [6, 6.07) is 0. The summed E-state index contributed by atoms with van der Waals surface area (Å²) in [4.78, 5) is 1.91. The third-order valence-electron chi connectivity index (χ3n) is 1.65. The lowest BCUT2D eigenvalue weighted by atomic mass is 10.3. The summed E-state index contributed by atoms with van der Waals surface area (Å²) in [7, 11) is 0. The van der Waals surface area contributed by atoms with E-state index in [1.165, 1.54) is 6.42 Å². The zero-order valence-corrected chi connectivity index (χ0v) is 11.6. The lowest BCUT2D eigenvalue weighted by Gasteiger charge is -2.18. The second-order valence-electron chi connectivity index (χ2n) is 2.53. The normalized spacial score (nSPS) is 7.12. The van der Waals surface area contributed by atoms with Gasteiger partial charge in [0.25, 0.3) is 0 Å². The monoisotopic (exact) mass is 230 g/mol. The molecule has 0 heterocycles. The number of hydrogen-bond donors (Lipinski definition) is 1. The van der Waals surface area contributed by atoms with E-state index in [1.54, 1.807) is 6.20 Å². The van der Waals surface area contributed by atoms with Crippen LogP contribution < -0.4 is 0 Å². The van der Waals surface area contributed by atoms with Gasteiger partial charge in [-0.2, -0.15) is 0 Å². The minimum Gasteiger partial charge on any atom is -0.338 e. The van der Waals surface area contributed by atoms with Crippen molar-refractivity contribution >= 4 is 5.84 Å². The van der Waals surface area contributed by atoms with E-state index in [0.717, 1.165) is 19.4 Å². The molecule has 2 heteroatoms. The molecule has 0 saturated heterocycles. The van der Waals surface area contributed by atoms with Crippen molar-refractivity contribution in [3.8, 4) is 0 Å². The van der Waals surface area contributed by atoms with Crippen LogP contribution in [-0.4, -0.2) is 17.3 Å². The van der Waals surface area contributed by atoms with Crippen LogP contribution in [0.25, 0.3) is 0 Å². The fourth-order valence-electron chi connectivity index (χ4n) is 0.868. The van der Waals surface area contributed by atoms with Crippen LogP contribution in [0.5, 0.6) is 0 Å². The number of nitrogens with one attached hydrogen (secondary N) is 1. The summed E-state index contributed by atoms with van der Waals surface area (Å²) >= 11 is 0. The first-order valence-corrected chi connectivity index (χ1v) is 6.22. The van der Waals surface area contributed by atoms with Gasteiger partial charge in [-0.05, 0) is 12.6 Å². The molecule has 0 atom stereocenters. The van der Waals surface area contributed by atoms with E-state index in [-0.39, 0.29) is 7.43 Å². The Kier molecular flexibility index (Phi) is 36.3. The van der Waals surface area contributed by atoms with Gasteiger partial charge in [-0.3, -0.25) is 5.41 Å². The molecule has 0 aromatic carbocycles. The lowest BCUT2D eigenvalue weighted by Crippen LogP contribution is -2.24. The molecule has 0 aliphatic heterocycles. The number of hydrogen-bond acceptors (Lipinski definition) is 1. The molecule has 0 amide bonds. The molecule has 0 bridgehead atoms. The first-order chi connectivity index (χ1) is 7.26. The molecule has 0 spiro atoms. The molecule has 100 valence electrons. The van der Waals surface area contributed by atoms with Crippen molar-refractivity contribution in [3.63, 3.8) is 0 Å². The van der Waals surface area contributed by atoms with Gasteiger partial charge in [-0.1, -0.05) is 62.0 Å². The second kappa shape index (κ2) is 23.8. The van der Waals surface area contributed by atoms with Crippen LogP contribution in [0.1, 0.15) is 68.2 Å². The van der Waals surface area contributed by atoms with Gasteiger partial charge in [0.05, 0.1) is 5.84 Å². The first kappa shape index (κ1) is 24.4. The van der Waals surface area contributed by atoms with Crippen molar-refractivity contribution < 1.29 is 0 Å². The summed E-state index contributed by atoms with van der Waals surface area (Å²) in [5, 5.41) is 7.53. The van der Waals surface area contributed by atoms with Crippen LogP contribution in [0.3, 0.4) is 0 Å². The van der Waals surface area contributed by atoms with E-state index in [1.807, 2.05) is 39.5 Å². The number of unbranched alkanes of at least 4 members (excludes halogenated alkanes) is 1. The van der Waals surface area contributed by atoms with Crippen molar-refractivity contribution in [3.05, 3.63) is 12.8 Å². The highest BCUT2D eigenvalue weighted by molar-refractivity contribution is 5.79. The zero-order chi connectivity index (χ0) is 12.7. The summed E-state index contributed by atoms with van der Waals surface area (Å²) in [5.74, 6) is 0.661. The number of rotatable bonds is 5. The summed E-state index contributed by atoms with van der Waals surface area (Å²) in [6.45, 7) is 16.7. The molecule has 0 fully saturated rings. The minimum absolute atomic E-state index is 0. The van der Waals surface area contributed by atoms with Crippen molar-refractivity contribution in [2.24, 2.45) is 0 Å². The Labute approximate surface area is 104 Å². The Morgan fingerprint density at radius 2 is 1.62 bits per heavy atom. The lowest BCUT2D eigenvalue weighted by molar-refractivity contribution is 0.516. The van der Waals surface area contributed by atoms with Crippen LogP contribution in [-0.2, 0) is 0 Å². The maximum absolute atomic E-state index is 7.53. The van der Waals surface area contributed by atoms with Gasteiger partial charge in [0.15, 0.2) is 0 Å². The van der Waals surface area contributed by atoms with Crippen LogP contribution in [0.15, 0.2) is 12.8 Å². The van der Waals surface area contributed by atoms with Crippen LogP contribution >= 0.6 is 0 Å². The standard InChI is InChI=1S/C9H18N2.2C2H6.CH4/c1-4-7-8-11(6-3)9(10)5-2;2*1-2;/h6,10H,3-5,7-8H2,1-2H3;2*1-2H3;1H4. The Morgan fingerprint density at radius 1 is 1.19 bits per heavy atom. The summed E-state index contributed by atoms with van der Waals surface area (Å²) in [6.07, 6.45) is 4.83. The minimum atomic E-state index is 0. The average Bonchev–Trinajstić information content (AvgIpc) is 2.34. The van der Waals surface area contributed by atoms with Crippen molar-refractivity contribution in [1.82, 2.24) is 4.90 Å². The third-order valence-corrected chi connectivity index (χ3v) is 1.65. The molecule has 0 radical (unpaired) electrons. The van der Waals surface area contributed by atoms with Crippen LogP contribution in [0, 0.1) is 5.41 Å². The molecule has 0 aliphatic carbocycles. The maximum Gasteiger partial charge on any atom is 0.0994 e. The molecule has 0 unspecified atom stereocenters. The van der Waals surface area contributed by atoms with Gasteiger partial charge in [-0.25, -0.2) is 0 Å². The predicted octanol–water partition coefficient (Wildman–Crippen LogP) is 5.31. The SMILES string of the molecule is C.C=CN(CCCC)C(=N)CC.CC.CC. The molecule has 1 N–H and O–H groups in total. The molecule has 0 rings (SSSR count). The highest BCUT2D eigenvalue weighted by Gasteiger charge is 2.01. The maximum atomic E-state index is 7.53. The highest BCUT2D eigenvalue weighted by atomic mass is 15.1. The van der Waals surface area contributed by atoms with Crippen molar-refractivity contribution in [2.75, 3.05) is 6.54 Å². The van der Waals surface area contributed by atoms with Crippen molar-refractivity contribution in [2.45, 2.75) is 68.2 Å². The quantitative estimate of drug-likeness (QED) is 0.503. The molecule has 0 aliphatic rings. The molecule has 0 saturated carbocycles. The van der Waals surface area contributed by atoms with Gasteiger partial charge in [0, 0.05) is 13.0 Å². The summed E-state index contributed by atoms with van der Waals surface area (Å²) in [5.41, 5.74) is 0. The Balaban J connectivity index is -0.000000129. The van der Waals surface area contributed by atoms with E-state index >= 15 is 0 Å². The average molecular weight is 230 g/mol. The Bertz CT molecular complexity index is 131. The van der Waals surface area contributed by atoms with E-state index in [2.05, 4.69) is 13.5 Å². The predicted molar refractivity (Wildman–Crippen MR) is 79.3 cm³/mol. The van der Waals surface area contributed by atoms with Gasteiger partial charge < -0.3 is 4.90 Å². The first-order valence-electron chi connectivity index (χ1n) is 6.22. The molecule has 0 aromatic heterocycles. The van der Waals surface area contributed by atoms with E-state index < -0.39 is 0 Å². The molecule has 0 aromatic rings. The van der Waals surface area contributed by atoms with Crippen LogP contribution in [0.2, 0.25) is 0 Å². The highest BCUT2D eigenvalue weighted by Crippen LogP contribution is 1.98. The molecular weight excluding hydrogens is 196 g/mol. The largest absolute Gasteiger partial charge is 0.338 e. The van der Waals surface area contributed by atoms with E-state index in [4.69, 9.17) is 5.41 Å². The Hall–Kier alpha value is -0.790. The summed E-state index contributed by atoms with van der Waals surface area (Å²) < 4.78 is 0. The smallest absolute Gasteiger partial charge is 0.0994 e. The second-order valence-corrected chi connectivity index (χ2v) is 2.53. The Morgan fingerprint density at radius 3 is 1.88 bits per heavy atom. The topological polar surface area (TPSA) is 27.1 Å². The van der Waals surface area contributed by atoms with Gasteiger partial charge in [0.2, 0.25) is 0 Å². The van der Waals surface area contributed by atoms with E-state index in [0.29, 0.717) is 5.84 Å². The third kappa shape index (κ3) is 15.7. The number of nitrogens with zero attached hydrogens (tertiary/aromatic N) is 1. The molecule has 16 heavy (non-hydrogen) atoms. The fraction of sp³-hybridized carbons (Fsp3) is 0.786. The van der Waals surface area contributed by atoms with E-state index in [9.17, 15) is 0 Å². The van der Waals surface area contributed by atoms with Crippen molar-refractivity contribution in [1.29, 1.82) is 5.41 Å².